The number of H-pyrrole nitrogens is 1. The summed E-state index contributed by atoms with van der Waals surface area (Å²) in [4.78, 5) is 22.7. The van der Waals surface area contributed by atoms with E-state index in [1.165, 1.54) is 6.20 Å². The number of pyridine rings is 2. The van der Waals surface area contributed by atoms with Gasteiger partial charge < -0.3 is 16.0 Å². The molecule has 1 amide bonds. The smallest absolute Gasteiger partial charge is 0.252 e. The van der Waals surface area contributed by atoms with Crippen LogP contribution in [-0.2, 0) is 6.54 Å². The Kier molecular flexibility index (Phi) is 3.04. The van der Waals surface area contributed by atoms with E-state index >= 15 is 0 Å². The van der Waals surface area contributed by atoms with Gasteiger partial charge in [-0.05, 0) is 23.8 Å². The van der Waals surface area contributed by atoms with Crippen LogP contribution < -0.4 is 11.1 Å². The minimum atomic E-state index is -0.502. The molecule has 3 rings (SSSR count). The minimum Gasteiger partial charge on any atom is -0.380 e. The van der Waals surface area contributed by atoms with Crippen molar-refractivity contribution in [3.63, 3.8) is 0 Å². The summed E-state index contributed by atoms with van der Waals surface area (Å²) < 4.78 is 0. The van der Waals surface area contributed by atoms with Gasteiger partial charge in [0.1, 0.15) is 5.65 Å². The van der Waals surface area contributed by atoms with E-state index in [1.807, 2.05) is 18.2 Å². The SMILES string of the molecule is NC(=O)c1cnc2[nH]ccc2c1NCc1ccncc1. The number of carbonyl (C=O) groups is 1. The van der Waals surface area contributed by atoms with Gasteiger partial charge in [-0.3, -0.25) is 9.78 Å². The molecule has 100 valence electrons. The van der Waals surface area contributed by atoms with Crippen molar-refractivity contribution in [2.45, 2.75) is 6.54 Å². The van der Waals surface area contributed by atoms with Gasteiger partial charge in [0.15, 0.2) is 0 Å². The summed E-state index contributed by atoms with van der Waals surface area (Å²) >= 11 is 0. The van der Waals surface area contributed by atoms with Crippen molar-refractivity contribution in [2.75, 3.05) is 5.32 Å². The fourth-order valence-corrected chi connectivity index (χ4v) is 2.08. The lowest BCUT2D eigenvalue weighted by atomic mass is 10.1. The molecule has 3 heterocycles. The number of rotatable bonds is 4. The first-order valence-electron chi connectivity index (χ1n) is 6.14. The molecule has 0 unspecified atom stereocenters. The molecule has 0 saturated heterocycles. The summed E-state index contributed by atoms with van der Waals surface area (Å²) in [7, 11) is 0. The molecule has 0 bridgehead atoms. The first-order valence-corrected chi connectivity index (χ1v) is 6.14. The van der Waals surface area contributed by atoms with Crippen molar-refractivity contribution in [3.05, 3.63) is 54.1 Å². The summed E-state index contributed by atoms with van der Waals surface area (Å²) in [5, 5.41) is 4.09. The lowest BCUT2D eigenvalue weighted by Gasteiger charge is -2.11. The van der Waals surface area contributed by atoms with Crippen molar-refractivity contribution in [2.24, 2.45) is 5.73 Å². The van der Waals surface area contributed by atoms with Gasteiger partial charge in [0.2, 0.25) is 0 Å². The van der Waals surface area contributed by atoms with Gasteiger partial charge in [-0.2, -0.15) is 0 Å². The molecule has 0 radical (unpaired) electrons. The largest absolute Gasteiger partial charge is 0.380 e. The van der Waals surface area contributed by atoms with E-state index in [1.54, 1.807) is 18.6 Å². The molecule has 6 heteroatoms. The summed E-state index contributed by atoms with van der Waals surface area (Å²) in [5.74, 6) is -0.502. The third kappa shape index (κ3) is 2.18. The van der Waals surface area contributed by atoms with Gasteiger partial charge in [-0.15, -0.1) is 0 Å². The molecule has 3 aromatic heterocycles. The molecular weight excluding hydrogens is 254 g/mol. The molecule has 6 nitrogen and oxygen atoms in total. The van der Waals surface area contributed by atoms with Crippen molar-refractivity contribution >= 4 is 22.6 Å². The zero-order valence-electron chi connectivity index (χ0n) is 10.6. The molecule has 0 atom stereocenters. The highest BCUT2D eigenvalue weighted by Gasteiger charge is 2.13. The average Bonchev–Trinajstić information content (AvgIpc) is 2.94. The Balaban J connectivity index is 1.98. The first-order chi connectivity index (χ1) is 9.75. The van der Waals surface area contributed by atoms with Crippen LogP contribution >= 0.6 is 0 Å². The zero-order valence-corrected chi connectivity index (χ0v) is 10.6. The second-order valence-corrected chi connectivity index (χ2v) is 4.36. The zero-order chi connectivity index (χ0) is 13.9. The molecule has 3 aromatic rings. The number of primary amides is 1. The van der Waals surface area contributed by atoms with Gasteiger partial charge in [-0.25, -0.2) is 4.98 Å². The van der Waals surface area contributed by atoms with Crippen molar-refractivity contribution in [3.8, 4) is 0 Å². The molecule has 4 N–H and O–H groups in total. The van der Waals surface area contributed by atoms with Crippen LogP contribution in [0.15, 0.2) is 43.0 Å². The van der Waals surface area contributed by atoms with E-state index in [2.05, 4.69) is 20.3 Å². The van der Waals surface area contributed by atoms with Crippen molar-refractivity contribution < 1.29 is 4.79 Å². The molecule has 20 heavy (non-hydrogen) atoms. The second-order valence-electron chi connectivity index (χ2n) is 4.36. The molecule has 0 aromatic carbocycles. The van der Waals surface area contributed by atoms with E-state index in [4.69, 9.17) is 5.73 Å². The molecular formula is C14H13N5O. The fraction of sp³-hybridized carbons (Fsp3) is 0.0714. The van der Waals surface area contributed by atoms with E-state index in [9.17, 15) is 4.79 Å². The highest BCUT2D eigenvalue weighted by molar-refractivity contribution is 6.05. The normalized spacial score (nSPS) is 10.6. The fourth-order valence-electron chi connectivity index (χ4n) is 2.08. The van der Waals surface area contributed by atoms with Crippen LogP contribution in [0.4, 0.5) is 5.69 Å². The van der Waals surface area contributed by atoms with Crippen LogP contribution in [0, 0.1) is 0 Å². The highest BCUT2D eigenvalue weighted by Crippen LogP contribution is 2.25. The number of carbonyl (C=O) groups excluding carboxylic acids is 1. The highest BCUT2D eigenvalue weighted by atomic mass is 16.1. The summed E-state index contributed by atoms with van der Waals surface area (Å²) in [6, 6.07) is 5.68. The van der Waals surface area contributed by atoms with Crippen LogP contribution in [0.2, 0.25) is 0 Å². The third-order valence-corrected chi connectivity index (χ3v) is 3.07. The molecule has 0 saturated carbocycles. The molecule has 0 aliphatic heterocycles. The summed E-state index contributed by atoms with van der Waals surface area (Å²) in [6.07, 6.45) is 6.71. The number of amides is 1. The molecule has 0 spiro atoms. The topological polar surface area (TPSA) is 96.7 Å². The maximum atomic E-state index is 11.5. The van der Waals surface area contributed by atoms with Gasteiger partial charge in [0.05, 0.1) is 11.3 Å². The quantitative estimate of drug-likeness (QED) is 0.669. The third-order valence-electron chi connectivity index (χ3n) is 3.07. The summed E-state index contributed by atoms with van der Waals surface area (Å²) in [5.41, 5.74) is 8.26. The maximum absolute atomic E-state index is 11.5. The maximum Gasteiger partial charge on any atom is 0.252 e. The monoisotopic (exact) mass is 267 g/mol. The summed E-state index contributed by atoms with van der Waals surface area (Å²) in [6.45, 7) is 0.576. The van der Waals surface area contributed by atoms with Crippen LogP contribution in [-0.4, -0.2) is 20.9 Å². The predicted molar refractivity (Wildman–Crippen MR) is 76.2 cm³/mol. The Labute approximate surface area is 115 Å². The van der Waals surface area contributed by atoms with Crippen LogP contribution in [0.3, 0.4) is 0 Å². The first kappa shape index (κ1) is 12.2. The lowest BCUT2D eigenvalue weighted by Crippen LogP contribution is -2.15. The Bertz CT molecular complexity index is 751. The number of hydrogen-bond acceptors (Lipinski definition) is 4. The predicted octanol–water partition coefficient (Wildman–Crippen LogP) is 1.67. The molecule has 0 aliphatic carbocycles. The number of aromatic nitrogens is 3. The minimum absolute atomic E-state index is 0.381. The van der Waals surface area contributed by atoms with Gasteiger partial charge >= 0.3 is 0 Å². The number of nitrogens with zero attached hydrogens (tertiary/aromatic N) is 2. The Morgan fingerprint density at radius 1 is 1.30 bits per heavy atom. The van der Waals surface area contributed by atoms with Gasteiger partial charge in [0.25, 0.3) is 5.91 Å². The Morgan fingerprint density at radius 2 is 2.10 bits per heavy atom. The van der Waals surface area contributed by atoms with E-state index in [-0.39, 0.29) is 0 Å². The molecule has 0 fully saturated rings. The molecule has 0 aliphatic rings. The lowest BCUT2D eigenvalue weighted by molar-refractivity contribution is 0.100. The number of fused-ring (bicyclic) bond motifs is 1. The van der Waals surface area contributed by atoms with Gasteiger partial charge in [0, 0.05) is 36.7 Å². The van der Waals surface area contributed by atoms with E-state index in [0.717, 1.165) is 10.9 Å². The second kappa shape index (κ2) is 5.00. The Morgan fingerprint density at radius 3 is 2.85 bits per heavy atom. The van der Waals surface area contributed by atoms with Crippen LogP contribution in [0.25, 0.3) is 11.0 Å². The number of hydrogen-bond donors (Lipinski definition) is 3. The number of aromatic amines is 1. The Hall–Kier alpha value is -2.89. The number of anilines is 1. The van der Waals surface area contributed by atoms with Gasteiger partial charge in [-0.1, -0.05) is 0 Å². The van der Waals surface area contributed by atoms with Crippen molar-refractivity contribution in [1.29, 1.82) is 0 Å². The number of nitrogens with two attached hydrogens (primary N) is 1. The van der Waals surface area contributed by atoms with Crippen LogP contribution in [0.1, 0.15) is 15.9 Å². The average molecular weight is 267 g/mol. The van der Waals surface area contributed by atoms with Crippen LogP contribution in [0.5, 0.6) is 0 Å². The van der Waals surface area contributed by atoms with E-state index in [0.29, 0.717) is 23.4 Å². The number of nitrogens with one attached hydrogen (secondary N) is 2. The standard InChI is InChI=1S/C14H13N5O/c15-13(20)11-8-19-14-10(3-6-17-14)12(11)18-7-9-1-4-16-5-2-9/h1-6,8H,7H2,(H2,15,20)(H2,17,18,19). The van der Waals surface area contributed by atoms with E-state index < -0.39 is 5.91 Å². The van der Waals surface area contributed by atoms with Crippen molar-refractivity contribution in [1.82, 2.24) is 15.0 Å².